The summed E-state index contributed by atoms with van der Waals surface area (Å²) >= 11 is 1.59. The molecule has 4 nitrogen and oxygen atoms in total. The summed E-state index contributed by atoms with van der Waals surface area (Å²) in [5, 5.41) is 15.6. The molecule has 1 aliphatic heterocycles. The second kappa shape index (κ2) is 5.72. The minimum Gasteiger partial charge on any atom is -0.394 e. The van der Waals surface area contributed by atoms with Gasteiger partial charge in [-0.05, 0) is 19.8 Å². The maximum Gasteiger partial charge on any atom is 0.112 e. The van der Waals surface area contributed by atoms with Gasteiger partial charge in [-0.3, -0.25) is 0 Å². The Hall–Kier alpha value is -0.490. The molecule has 2 atom stereocenters. The highest BCUT2D eigenvalue weighted by Crippen LogP contribution is 2.18. The third-order valence-electron chi connectivity index (χ3n) is 2.73. The highest BCUT2D eigenvalue weighted by atomic mass is 32.1. The largest absolute Gasteiger partial charge is 0.394 e. The van der Waals surface area contributed by atoms with Crippen LogP contribution in [0.3, 0.4) is 0 Å². The van der Waals surface area contributed by atoms with E-state index in [2.05, 4.69) is 10.3 Å². The van der Waals surface area contributed by atoms with Crippen LogP contribution in [-0.2, 0) is 4.74 Å². The summed E-state index contributed by atoms with van der Waals surface area (Å²) in [6.45, 7) is 3.71. The predicted octanol–water partition coefficient (Wildman–Crippen LogP) is 1.25. The molecule has 2 N–H and O–H groups in total. The first-order chi connectivity index (χ1) is 7.79. The topological polar surface area (TPSA) is 54.4 Å². The molecular formula is C11H18N2O2S. The third-order valence-corrected chi connectivity index (χ3v) is 3.81. The number of hydrogen-bond donors (Lipinski definition) is 2. The summed E-state index contributed by atoms with van der Waals surface area (Å²) in [5.74, 6) is 0. The van der Waals surface area contributed by atoms with E-state index in [4.69, 9.17) is 4.74 Å². The van der Waals surface area contributed by atoms with Gasteiger partial charge in [-0.2, -0.15) is 0 Å². The van der Waals surface area contributed by atoms with Crippen molar-refractivity contribution in [1.29, 1.82) is 0 Å². The van der Waals surface area contributed by atoms with Crippen molar-refractivity contribution in [2.75, 3.05) is 19.8 Å². The van der Waals surface area contributed by atoms with Gasteiger partial charge in [0.25, 0.3) is 0 Å². The fourth-order valence-electron chi connectivity index (χ4n) is 1.84. The molecule has 5 heteroatoms. The van der Waals surface area contributed by atoms with E-state index in [1.807, 2.05) is 12.3 Å². The Labute approximate surface area is 99.7 Å². The number of aliphatic hydroxyl groups excluding tert-OH is 1. The van der Waals surface area contributed by atoms with Gasteiger partial charge in [0.1, 0.15) is 5.01 Å². The summed E-state index contributed by atoms with van der Waals surface area (Å²) in [6.07, 6.45) is 2.56. The lowest BCUT2D eigenvalue weighted by Crippen LogP contribution is -2.31. The zero-order valence-corrected chi connectivity index (χ0v) is 10.3. The summed E-state index contributed by atoms with van der Waals surface area (Å²) < 4.78 is 5.53. The molecule has 0 bridgehead atoms. The van der Waals surface area contributed by atoms with Gasteiger partial charge in [0.05, 0.1) is 18.8 Å². The first kappa shape index (κ1) is 12.0. The molecule has 1 fully saturated rings. The molecule has 0 aliphatic carbocycles. The lowest BCUT2D eigenvalue weighted by Gasteiger charge is -2.16. The Morgan fingerprint density at radius 1 is 1.75 bits per heavy atom. The van der Waals surface area contributed by atoms with E-state index in [0.717, 1.165) is 36.7 Å². The van der Waals surface area contributed by atoms with Crippen LogP contribution in [0, 0.1) is 6.92 Å². The Balaban J connectivity index is 1.85. The zero-order valence-electron chi connectivity index (χ0n) is 9.48. The molecule has 1 aromatic rings. The molecule has 16 heavy (non-hydrogen) atoms. The number of nitrogens with one attached hydrogen (secondary N) is 1. The van der Waals surface area contributed by atoms with E-state index in [-0.39, 0.29) is 12.6 Å². The molecule has 1 aliphatic rings. The van der Waals surface area contributed by atoms with Crippen LogP contribution in [0.5, 0.6) is 0 Å². The summed E-state index contributed by atoms with van der Waals surface area (Å²) in [7, 11) is 0. The van der Waals surface area contributed by atoms with E-state index >= 15 is 0 Å². The van der Waals surface area contributed by atoms with Crippen LogP contribution in [0.25, 0.3) is 0 Å². The van der Waals surface area contributed by atoms with E-state index in [1.54, 1.807) is 11.3 Å². The fourth-order valence-corrected chi connectivity index (χ4v) is 2.70. The number of rotatable bonds is 5. The Morgan fingerprint density at radius 2 is 2.62 bits per heavy atom. The highest BCUT2D eigenvalue weighted by Gasteiger charge is 2.19. The molecular weight excluding hydrogens is 224 g/mol. The van der Waals surface area contributed by atoms with E-state index in [0.29, 0.717) is 6.10 Å². The average Bonchev–Trinajstić information content (AvgIpc) is 2.91. The Kier molecular flexibility index (Phi) is 4.29. The molecule has 2 heterocycles. The van der Waals surface area contributed by atoms with Crippen LogP contribution in [0.4, 0.5) is 0 Å². The maximum atomic E-state index is 9.33. The number of nitrogens with zero attached hydrogens (tertiary/aromatic N) is 1. The van der Waals surface area contributed by atoms with Crippen LogP contribution >= 0.6 is 11.3 Å². The van der Waals surface area contributed by atoms with Crippen LogP contribution < -0.4 is 5.32 Å². The number of aryl methyl sites for hydroxylation is 1. The Morgan fingerprint density at radius 3 is 3.19 bits per heavy atom. The second-order valence-corrected chi connectivity index (χ2v) is 5.00. The van der Waals surface area contributed by atoms with Gasteiger partial charge in [0.15, 0.2) is 0 Å². The minimum absolute atomic E-state index is 0.0529. The van der Waals surface area contributed by atoms with Crippen LogP contribution in [0.2, 0.25) is 0 Å². The van der Waals surface area contributed by atoms with Crippen molar-refractivity contribution in [3.05, 3.63) is 16.1 Å². The van der Waals surface area contributed by atoms with Gasteiger partial charge < -0.3 is 15.2 Å². The number of ether oxygens (including phenoxy) is 1. The van der Waals surface area contributed by atoms with Crippen molar-refractivity contribution < 1.29 is 9.84 Å². The van der Waals surface area contributed by atoms with Crippen molar-refractivity contribution in [3.63, 3.8) is 0 Å². The van der Waals surface area contributed by atoms with E-state index < -0.39 is 0 Å². The summed E-state index contributed by atoms with van der Waals surface area (Å²) in [4.78, 5) is 4.38. The van der Waals surface area contributed by atoms with Crippen molar-refractivity contribution >= 4 is 11.3 Å². The van der Waals surface area contributed by atoms with Crippen LogP contribution in [0.15, 0.2) is 5.38 Å². The summed E-state index contributed by atoms with van der Waals surface area (Å²) in [6, 6.07) is -0.0529. The SMILES string of the molecule is Cc1csc(C(CO)NCC2CCCO2)n1. The lowest BCUT2D eigenvalue weighted by atomic mass is 10.2. The molecule has 0 radical (unpaired) electrons. The van der Waals surface area contributed by atoms with Gasteiger partial charge >= 0.3 is 0 Å². The lowest BCUT2D eigenvalue weighted by molar-refractivity contribution is 0.104. The molecule has 0 amide bonds. The normalized spacial score (nSPS) is 22.5. The van der Waals surface area contributed by atoms with Crippen molar-refractivity contribution in [2.45, 2.75) is 31.9 Å². The smallest absolute Gasteiger partial charge is 0.112 e. The van der Waals surface area contributed by atoms with E-state index in [1.165, 1.54) is 0 Å². The Bertz CT molecular complexity index is 324. The number of hydrogen-bond acceptors (Lipinski definition) is 5. The predicted molar refractivity (Wildman–Crippen MR) is 63.7 cm³/mol. The molecule has 0 spiro atoms. The molecule has 0 saturated carbocycles. The van der Waals surface area contributed by atoms with Gasteiger partial charge in [-0.1, -0.05) is 0 Å². The fraction of sp³-hybridized carbons (Fsp3) is 0.727. The third kappa shape index (κ3) is 3.01. The average molecular weight is 242 g/mol. The van der Waals surface area contributed by atoms with Gasteiger partial charge in [-0.15, -0.1) is 11.3 Å². The molecule has 90 valence electrons. The quantitative estimate of drug-likeness (QED) is 0.816. The van der Waals surface area contributed by atoms with Crippen LogP contribution in [0.1, 0.15) is 29.6 Å². The van der Waals surface area contributed by atoms with Crippen molar-refractivity contribution in [1.82, 2.24) is 10.3 Å². The molecule has 2 unspecified atom stereocenters. The molecule has 2 rings (SSSR count). The summed E-state index contributed by atoms with van der Waals surface area (Å²) in [5.41, 5.74) is 1.01. The van der Waals surface area contributed by atoms with Gasteiger partial charge in [-0.25, -0.2) is 4.98 Å². The number of aliphatic hydroxyl groups is 1. The number of aromatic nitrogens is 1. The van der Waals surface area contributed by atoms with Gasteiger partial charge in [0.2, 0.25) is 0 Å². The maximum absolute atomic E-state index is 9.33. The first-order valence-corrected chi connectivity index (χ1v) is 6.55. The second-order valence-electron chi connectivity index (χ2n) is 4.11. The minimum atomic E-state index is -0.0529. The highest BCUT2D eigenvalue weighted by molar-refractivity contribution is 7.09. The van der Waals surface area contributed by atoms with E-state index in [9.17, 15) is 5.11 Å². The standard InChI is InChI=1S/C11H18N2O2S/c1-8-7-16-11(13-8)10(6-14)12-5-9-3-2-4-15-9/h7,9-10,12,14H,2-6H2,1H3. The van der Waals surface area contributed by atoms with Gasteiger partial charge in [0, 0.05) is 24.2 Å². The number of thiazole rings is 1. The van der Waals surface area contributed by atoms with Crippen molar-refractivity contribution in [2.24, 2.45) is 0 Å². The van der Waals surface area contributed by atoms with Crippen LogP contribution in [-0.4, -0.2) is 36.0 Å². The molecule has 0 aromatic carbocycles. The zero-order chi connectivity index (χ0) is 11.4. The molecule has 1 aromatic heterocycles. The molecule has 1 saturated heterocycles. The van der Waals surface area contributed by atoms with Crippen molar-refractivity contribution in [3.8, 4) is 0 Å². The first-order valence-electron chi connectivity index (χ1n) is 5.67. The monoisotopic (exact) mass is 242 g/mol.